The third-order valence-electron chi connectivity index (χ3n) is 2.69. The number of hydrogen-bond acceptors (Lipinski definition) is 4. The molecule has 0 unspecified atom stereocenters. The molecule has 2 N–H and O–H groups in total. The Bertz CT molecular complexity index is 445. The standard InChI is InChI=1S/C11H16IN5/c1-17-7-9(11(12)16-17)4-10(15-13)6-14-5-8-2-3-8/h6-8H,2-5,13H2,1H3/b14-6?,15-10-. The van der Waals surface area contributed by atoms with E-state index in [9.17, 15) is 0 Å². The number of rotatable bonds is 5. The molecule has 92 valence electrons. The summed E-state index contributed by atoms with van der Waals surface area (Å²) in [5, 5.41) is 8.06. The molecule has 0 radical (unpaired) electrons. The lowest BCUT2D eigenvalue weighted by atomic mass is 10.2. The number of hydrazone groups is 1. The van der Waals surface area contributed by atoms with Gasteiger partial charge in [0, 0.05) is 38.0 Å². The first-order valence-corrected chi connectivity index (χ1v) is 6.71. The summed E-state index contributed by atoms with van der Waals surface area (Å²) < 4.78 is 2.79. The van der Waals surface area contributed by atoms with Gasteiger partial charge in [0.05, 0.1) is 5.71 Å². The number of hydrogen-bond donors (Lipinski definition) is 1. The Morgan fingerprint density at radius 3 is 3.00 bits per heavy atom. The molecule has 1 aliphatic rings. The van der Waals surface area contributed by atoms with E-state index >= 15 is 0 Å². The molecular weight excluding hydrogens is 329 g/mol. The topological polar surface area (TPSA) is 68.6 Å². The summed E-state index contributed by atoms with van der Waals surface area (Å²) >= 11 is 2.22. The summed E-state index contributed by atoms with van der Waals surface area (Å²) in [5.74, 6) is 6.17. The van der Waals surface area contributed by atoms with Gasteiger partial charge < -0.3 is 5.84 Å². The zero-order valence-corrected chi connectivity index (χ0v) is 12.0. The molecule has 6 heteroatoms. The summed E-state index contributed by atoms with van der Waals surface area (Å²) in [7, 11) is 1.91. The number of halogens is 1. The van der Waals surface area contributed by atoms with Crippen molar-refractivity contribution in [3.8, 4) is 0 Å². The van der Waals surface area contributed by atoms with Gasteiger partial charge in [0.15, 0.2) is 0 Å². The molecule has 0 spiro atoms. The molecule has 0 saturated heterocycles. The SMILES string of the molecule is Cn1cc(C/C(C=NCC2CC2)=N/N)c(I)n1. The van der Waals surface area contributed by atoms with Gasteiger partial charge in [0.2, 0.25) is 0 Å². The van der Waals surface area contributed by atoms with Crippen LogP contribution in [0.25, 0.3) is 0 Å². The summed E-state index contributed by atoms with van der Waals surface area (Å²) in [6.45, 7) is 0.906. The Morgan fingerprint density at radius 1 is 1.71 bits per heavy atom. The van der Waals surface area contributed by atoms with Crippen LogP contribution >= 0.6 is 22.6 Å². The van der Waals surface area contributed by atoms with E-state index < -0.39 is 0 Å². The van der Waals surface area contributed by atoms with Gasteiger partial charge in [-0.3, -0.25) is 9.67 Å². The van der Waals surface area contributed by atoms with E-state index in [-0.39, 0.29) is 0 Å². The van der Waals surface area contributed by atoms with E-state index in [1.807, 2.05) is 13.2 Å². The molecular formula is C11H16IN5. The maximum absolute atomic E-state index is 5.38. The highest BCUT2D eigenvalue weighted by Crippen LogP contribution is 2.28. The zero-order chi connectivity index (χ0) is 12.3. The average Bonchev–Trinajstić information content (AvgIpc) is 3.04. The van der Waals surface area contributed by atoms with Crippen LogP contribution in [0, 0.1) is 9.62 Å². The van der Waals surface area contributed by atoms with E-state index in [0.29, 0.717) is 6.42 Å². The predicted octanol–water partition coefficient (Wildman–Crippen LogP) is 1.36. The van der Waals surface area contributed by atoms with Crippen LogP contribution in [0.3, 0.4) is 0 Å². The van der Waals surface area contributed by atoms with Crippen molar-refractivity contribution in [1.29, 1.82) is 0 Å². The monoisotopic (exact) mass is 345 g/mol. The summed E-state index contributed by atoms with van der Waals surface area (Å²) in [6.07, 6.45) is 7.10. The zero-order valence-electron chi connectivity index (χ0n) is 9.80. The van der Waals surface area contributed by atoms with Crippen LogP contribution < -0.4 is 5.84 Å². The molecule has 0 bridgehead atoms. The fourth-order valence-corrected chi connectivity index (χ4v) is 2.23. The molecule has 0 atom stereocenters. The second kappa shape index (κ2) is 5.61. The highest BCUT2D eigenvalue weighted by molar-refractivity contribution is 14.1. The van der Waals surface area contributed by atoms with Crippen molar-refractivity contribution >= 4 is 34.5 Å². The van der Waals surface area contributed by atoms with Gasteiger partial charge in [-0.25, -0.2) is 0 Å². The van der Waals surface area contributed by atoms with Crippen molar-refractivity contribution in [3.63, 3.8) is 0 Å². The fourth-order valence-electron chi connectivity index (χ4n) is 1.56. The van der Waals surface area contributed by atoms with Crippen molar-refractivity contribution in [1.82, 2.24) is 9.78 Å². The van der Waals surface area contributed by atoms with Crippen molar-refractivity contribution in [2.75, 3.05) is 6.54 Å². The lowest BCUT2D eigenvalue weighted by Crippen LogP contribution is -2.09. The van der Waals surface area contributed by atoms with Gasteiger partial charge in [0.1, 0.15) is 3.70 Å². The maximum atomic E-state index is 5.38. The number of aryl methyl sites for hydroxylation is 1. The fraction of sp³-hybridized carbons (Fsp3) is 0.545. The summed E-state index contributed by atoms with van der Waals surface area (Å²) in [4.78, 5) is 4.37. The third kappa shape index (κ3) is 3.79. The first kappa shape index (κ1) is 12.5. The molecule has 0 aromatic carbocycles. The molecule has 1 fully saturated rings. The quantitative estimate of drug-likeness (QED) is 0.379. The molecule has 0 amide bonds. The van der Waals surface area contributed by atoms with Crippen LogP contribution in [0.4, 0.5) is 0 Å². The van der Waals surface area contributed by atoms with Crippen LogP contribution in [-0.4, -0.2) is 28.3 Å². The number of aliphatic imine (C=N–C) groups is 1. The summed E-state index contributed by atoms with van der Waals surface area (Å²) in [6, 6.07) is 0. The Kier molecular flexibility index (Phi) is 4.14. The minimum Gasteiger partial charge on any atom is -0.323 e. The first-order chi connectivity index (χ1) is 8.19. The van der Waals surface area contributed by atoms with Gasteiger partial charge in [-0.05, 0) is 41.4 Å². The van der Waals surface area contributed by atoms with E-state index in [2.05, 4.69) is 37.8 Å². The van der Waals surface area contributed by atoms with Crippen LogP contribution in [-0.2, 0) is 13.5 Å². The molecule has 0 aliphatic heterocycles. The lowest BCUT2D eigenvalue weighted by molar-refractivity contribution is 0.759. The lowest BCUT2D eigenvalue weighted by Gasteiger charge is -1.97. The van der Waals surface area contributed by atoms with Crippen LogP contribution in [0.15, 0.2) is 16.3 Å². The Morgan fingerprint density at radius 2 is 2.47 bits per heavy atom. The molecule has 1 saturated carbocycles. The van der Waals surface area contributed by atoms with Gasteiger partial charge >= 0.3 is 0 Å². The Hall–Kier alpha value is -0.920. The Balaban J connectivity index is 1.94. The number of nitrogens with two attached hydrogens (primary N) is 1. The second-order valence-corrected chi connectivity index (χ2v) is 5.38. The highest BCUT2D eigenvalue weighted by Gasteiger charge is 2.19. The smallest absolute Gasteiger partial charge is 0.126 e. The van der Waals surface area contributed by atoms with Crippen LogP contribution in [0.2, 0.25) is 0 Å². The third-order valence-corrected chi connectivity index (χ3v) is 3.60. The minimum absolute atomic E-state index is 0.691. The number of nitrogens with zero attached hydrogens (tertiary/aromatic N) is 4. The van der Waals surface area contributed by atoms with E-state index in [1.54, 1.807) is 10.9 Å². The van der Waals surface area contributed by atoms with Crippen molar-refractivity contribution < 1.29 is 0 Å². The average molecular weight is 345 g/mol. The van der Waals surface area contributed by atoms with Crippen LogP contribution in [0.1, 0.15) is 18.4 Å². The van der Waals surface area contributed by atoms with Gasteiger partial charge in [-0.1, -0.05) is 0 Å². The van der Waals surface area contributed by atoms with E-state index in [4.69, 9.17) is 5.84 Å². The van der Waals surface area contributed by atoms with Crippen LogP contribution in [0.5, 0.6) is 0 Å². The normalized spacial score (nSPS) is 16.9. The van der Waals surface area contributed by atoms with Gasteiger partial charge in [0.25, 0.3) is 0 Å². The minimum atomic E-state index is 0.691. The molecule has 2 rings (SSSR count). The van der Waals surface area contributed by atoms with Crippen molar-refractivity contribution in [3.05, 3.63) is 15.5 Å². The maximum Gasteiger partial charge on any atom is 0.126 e. The first-order valence-electron chi connectivity index (χ1n) is 5.63. The Labute approximate surface area is 114 Å². The molecule has 1 aliphatic carbocycles. The predicted molar refractivity (Wildman–Crippen MR) is 77.3 cm³/mol. The molecule has 1 aromatic heterocycles. The molecule has 1 aromatic rings. The molecule has 5 nitrogen and oxygen atoms in total. The number of aromatic nitrogens is 2. The molecule has 1 heterocycles. The van der Waals surface area contributed by atoms with Gasteiger partial charge in [-0.15, -0.1) is 0 Å². The van der Waals surface area contributed by atoms with Crippen molar-refractivity contribution in [2.45, 2.75) is 19.3 Å². The van der Waals surface area contributed by atoms with Gasteiger partial charge in [-0.2, -0.15) is 10.2 Å². The highest BCUT2D eigenvalue weighted by atomic mass is 127. The van der Waals surface area contributed by atoms with E-state index in [0.717, 1.165) is 27.4 Å². The van der Waals surface area contributed by atoms with E-state index in [1.165, 1.54) is 12.8 Å². The second-order valence-electron chi connectivity index (χ2n) is 4.35. The largest absolute Gasteiger partial charge is 0.323 e. The summed E-state index contributed by atoms with van der Waals surface area (Å²) in [5.41, 5.74) is 1.94. The van der Waals surface area contributed by atoms with Crippen molar-refractivity contribution in [2.24, 2.45) is 28.9 Å². The molecule has 17 heavy (non-hydrogen) atoms.